The van der Waals surface area contributed by atoms with E-state index in [2.05, 4.69) is 4.90 Å². The second-order valence-corrected chi connectivity index (χ2v) is 3.98. The minimum Gasteiger partial charge on any atom is -0.397 e. The molecule has 1 aliphatic rings. The van der Waals surface area contributed by atoms with Crippen molar-refractivity contribution in [1.29, 1.82) is 0 Å². The third-order valence-electron chi connectivity index (χ3n) is 2.79. The van der Waals surface area contributed by atoms with E-state index in [9.17, 15) is 4.79 Å². The minimum absolute atomic E-state index is 0.416. The number of amides is 1. The molecule has 0 atom stereocenters. The van der Waals surface area contributed by atoms with Crippen molar-refractivity contribution >= 4 is 17.3 Å². The molecule has 0 saturated heterocycles. The van der Waals surface area contributed by atoms with E-state index in [0.29, 0.717) is 17.3 Å². The minimum atomic E-state index is -0.416. The lowest BCUT2D eigenvalue weighted by Gasteiger charge is -2.21. The summed E-state index contributed by atoms with van der Waals surface area (Å²) in [6.45, 7) is 0. The number of carbonyl (C=O) groups excluding carboxylic acids is 1. The first-order chi connectivity index (χ1) is 7.09. The number of benzene rings is 1. The largest absolute Gasteiger partial charge is 0.397 e. The zero-order valence-electron chi connectivity index (χ0n) is 8.73. The van der Waals surface area contributed by atoms with E-state index < -0.39 is 5.91 Å². The number of primary amides is 1. The molecule has 0 bridgehead atoms. The van der Waals surface area contributed by atoms with Gasteiger partial charge in [-0.1, -0.05) is 0 Å². The van der Waals surface area contributed by atoms with Gasteiger partial charge in [-0.2, -0.15) is 0 Å². The molecule has 1 aromatic carbocycles. The van der Waals surface area contributed by atoms with Crippen LogP contribution in [0.3, 0.4) is 0 Å². The highest BCUT2D eigenvalue weighted by Gasteiger charge is 2.27. The molecule has 0 unspecified atom stereocenters. The van der Waals surface area contributed by atoms with Crippen LogP contribution < -0.4 is 16.4 Å². The number of nitrogens with zero attached hydrogens (tertiary/aromatic N) is 1. The first-order valence-corrected chi connectivity index (χ1v) is 5.02. The van der Waals surface area contributed by atoms with E-state index in [1.54, 1.807) is 18.2 Å². The second kappa shape index (κ2) is 3.46. The maximum Gasteiger partial charge on any atom is 0.248 e. The van der Waals surface area contributed by atoms with Crippen LogP contribution in [0.15, 0.2) is 18.2 Å². The van der Waals surface area contributed by atoms with Crippen LogP contribution in [0, 0.1) is 0 Å². The number of rotatable bonds is 3. The highest BCUT2D eigenvalue weighted by molar-refractivity contribution is 5.95. The normalized spacial score (nSPS) is 15.0. The summed E-state index contributed by atoms with van der Waals surface area (Å²) in [6.07, 6.45) is 2.38. The summed E-state index contributed by atoms with van der Waals surface area (Å²) in [5.41, 5.74) is 13.2. The predicted octanol–water partition coefficient (Wildman–Crippen LogP) is 0.966. The monoisotopic (exact) mass is 205 g/mol. The molecular weight excluding hydrogens is 190 g/mol. The zero-order valence-corrected chi connectivity index (χ0v) is 8.73. The second-order valence-electron chi connectivity index (χ2n) is 3.98. The Morgan fingerprint density at radius 2 is 2.13 bits per heavy atom. The van der Waals surface area contributed by atoms with E-state index in [1.165, 1.54) is 12.8 Å². The predicted molar refractivity (Wildman–Crippen MR) is 60.8 cm³/mol. The van der Waals surface area contributed by atoms with Crippen LogP contribution in [0.2, 0.25) is 0 Å². The Labute approximate surface area is 88.9 Å². The molecule has 1 amide bonds. The van der Waals surface area contributed by atoms with Gasteiger partial charge in [0.2, 0.25) is 5.91 Å². The lowest BCUT2D eigenvalue weighted by Crippen LogP contribution is -2.21. The molecule has 80 valence electrons. The summed E-state index contributed by atoms with van der Waals surface area (Å²) in [6, 6.07) is 5.71. The van der Waals surface area contributed by atoms with E-state index in [0.717, 1.165) is 5.69 Å². The topological polar surface area (TPSA) is 72.3 Å². The van der Waals surface area contributed by atoms with Gasteiger partial charge in [0.25, 0.3) is 0 Å². The molecule has 4 heteroatoms. The molecule has 4 N–H and O–H groups in total. The molecule has 0 aliphatic heterocycles. The molecular formula is C11H15N3O. The van der Waals surface area contributed by atoms with Crippen molar-refractivity contribution in [2.45, 2.75) is 18.9 Å². The summed E-state index contributed by atoms with van der Waals surface area (Å²) < 4.78 is 0. The smallest absolute Gasteiger partial charge is 0.248 e. The van der Waals surface area contributed by atoms with Gasteiger partial charge in [-0.15, -0.1) is 0 Å². The molecule has 0 spiro atoms. The van der Waals surface area contributed by atoms with Crippen molar-refractivity contribution in [3.05, 3.63) is 23.8 Å². The van der Waals surface area contributed by atoms with Gasteiger partial charge in [0.15, 0.2) is 0 Å². The van der Waals surface area contributed by atoms with Crippen molar-refractivity contribution in [3.8, 4) is 0 Å². The Hall–Kier alpha value is -1.71. The van der Waals surface area contributed by atoms with Crippen molar-refractivity contribution in [2.75, 3.05) is 17.7 Å². The zero-order chi connectivity index (χ0) is 11.0. The lowest BCUT2D eigenvalue weighted by atomic mass is 10.1. The summed E-state index contributed by atoms with van der Waals surface area (Å²) in [5, 5.41) is 0. The van der Waals surface area contributed by atoms with Gasteiger partial charge in [0.05, 0.1) is 11.4 Å². The van der Waals surface area contributed by atoms with Crippen LogP contribution in [-0.4, -0.2) is 19.0 Å². The van der Waals surface area contributed by atoms with Gasteiger partial charge in [-0.05, 0) is 31.0 Å². The molecule has 0 radical (unpaired) electrons. The lowest BCUT2D eigenvalue weighted by molar-refractivity contribution is 0.100. The van der Waals surface area contributed by atoms with Gasteiger partial charge in [-0.3, -0.25) is 4.79 Å². The summed E-state index contributed by atoms with van der Waals surface area (Å²) in [5.74, 6) is -0.416. The van der Waals surface area contributed by atoms with Gasteiger partial charge in [0, 0.05) is 18.7 Å². The van der Waals surface area contributed by atoms with Crippen LogP contribution in [0.1, 0.15) is 23.2 Å². The molecule has 1 fully saturated rings. The number of hydrogen-bond donors (Lipinski definition) is 2. The Bertz CT molecular complexity index is 399. The first-order valence-electron chi connectivity index (χ1n) is 5.02. The van der Waals surface area contributed by atoms with E-state index >= 15 is 0 Å². The standard InChI is InChI=1S/C11H15N3O/c1-14(8-3-4-8)10-6-7(11(13)15)2-5-9(10)12/h2,5-6,8H,3-4,12H2,1H3,(H2,13,15). The maximum absolute atomic E-state index is 11.0. The molecule has 1 saturated carbocycles. The molecule has 1 aliphatic carbocycles. The van der Waals surface area contributed by atoms with Crippen LogP contribution in [0.5, 0.6) is 0 Å². The molecule has 15 heavy (non-hydrogen) atoms. The maximum atomic E-state index is 11.0. The van der Waals surface area contributed by atoms with Gasteiger partial charge < -0.3 is 16.4 Å². The number of anilines is 2. The summed E-state index contributed by atoms with van der Waals surface area (Å²) in [7, 11) is 1.99. The fourth-order valence-electron chi connectivity index (χ4n) is 1.66. The van der Waals surface area contributed by atoms with Crippen LogP contribution in [-0.2, 0) is 0 Å². The Morgan fingerprint density at radius 3 is 2.67 bits per heavy atom. The summed E-state index contributed by atoms with van der Waals surface area (Å²) >= 11 is 0. The number of hydrogen-bond acceptors (Lipinski definition) is 3. The van der Waals surface area contributed by atoms with Gasteiger partial charge in [0.1, 0.15) is 0 Å². The van der Waals surface area contributed by atoms with Crippen LogP contribution in [0.25, 0.3) is 0 Å². The van der Waals surface area contributed by atoms with Gasteiger partial charge >= 0.3 is 0 Å². The molecule has 0 heterocycles. The Morgan fingerprint density at radius 1 is 1.47 bits per heavy atom. The number of carbonyl (C=O) groups is 1. The molecule has 0 aromatic heterocycles. The van der Waals surface area contributed by atoms with E-state index in [1.807, 2.05) is 7.05 Å². The van der Waals surface area contributed by atoms with Crippen molar-refractivity contribution < 1.29 is 4.79 Å². The van der Waals surface area contributed by atoms with Crippen molar-refractivity contribution in [2.24, 2.45) is 5.73 Å². The van der Waals surface area contributed by atoms with Gasteiger partial charge in [-0.25, -0.2) is 0 Å². The van der Waals surface area contributed by atoms with Crippen molar-refractivity contribution in [3.63, 3.8) is 0 Å². The summed E-state index contributed by atoms with van der Waals surface area (Å²) in [4.78, 5) is 13.1. The fourth-order valence-corrected chi connectivity index (χ4v) is 1.66. The van der Waals surface area contributed by atoms with Crippen LogP contribution in [0.4, 0.5) is 11.4 Å². The Kier molecular flexibility index (Phi) is 2.26. The first kappa shape index (κ1) is 9.83. The molecule has 1 aromatic rings. The van der Waals surface area contributed by atoms with E-state index in [-0.39, 0.29) is 0 Å². The average Bonchev–Trinajstić information content (AvgIpc) is 3.00. The highest BCUT2D eigenvalue weighted by atomic mass is 16.1. The third-order valence-corrected chi connectivity index (χ3v) is 2.79. The average molecular weight is 205 g/mol. The molecule has 2 rings (SSSR count). The quantitative estimate of drug-likeness (QED) is 0.722. The van der Waals surface area contributed by atoms with Crippen molar-refractivity contribution in [1.82, 2.24) is 0 Å². The highest BCUT2D eigenvalue weighted by Crippen LogP contribution is 2.33. The number of nitrogen functional groups attached to an aromatic ring is 1. The molecule has 4 nitrogen and oxygen atoms in total. The number of nitrogens with two attached hydrogens (primary N) is 2. The van der Waals surface area contributed by atoms with Crippen LogP contribution >= 0.6 is 0 Å². The Balaban J connectivity index is 2.35. The fraction of sp³-hybridized carbons (Fsp3) is 0.364. The third kappa shape index (κ3) is 1.88. The van der Waals surface area contributed by atoms with E-state index in [4.69, 9.17) is 11.5 Å². The SMILES string of the molecule is CN(c1cc(C(N)=O)ccc1N)C1CC1.